The van der Waals surface area contributed by atoms with E-state index in [4.69, 9.17) is 9.72 Å². The number of ether oxygens (including phenoxy) is 1. The van der Waals surface area contributed by atoms with E-state index in [0.717, 1.165) is 24.0 Å². The average Bonchev–Trinajstić information content (AvgIpc) is 3.25. The van der Waals surface area contributed by atoms with Crippen LogP contribution in [0.1, 0.15) is 36.6 Å². The van der Waals surface area contributed by atoms with E-state index in [0.29, 0.717) is 29.0 Å². The van der Waals surface area contributed by atoms with Gasteiger partial charge in [-0.15, -0.1) is 5.10 Å². The van der Waals surface area contributed by atoms with Crippen molar-refractivity contribution in [1.82, 2.24) is 34.6 Å². The lowest BCUT2D eigenvalue weighted by Gasteiger charge is -2.26. The Morgan fingerprint density at radius 1 is 1.21 bits per heavy atom. The fourth-order valence-corrected chi connectivity index (χ4v) is 3.32. The molecule has 0 saturated heterocycles. The first-order chi connectivity index (χ1) is 13.7. The van der Waals surface area contributed by atoms with Gasteiger partial charge in [0.2, 0.25) is 5.88 Å². The highest BCUT2D eigenvalue weighted by atomic mass is 19.1. The standard InChI is InChI=1S/C19H18FN7O/c1-26-11-21-16(24-26)10-28-19-15(12-3-2-4-12)9-27-18(22-19)17(23-25-27)13-5-7-14(20)8-6-13/h5-9,11-12H,2-4,10H2,1H3. The zero-order valence-electron chi connectivity index (χ0n) is 15.3. The van der Waals surface area contributed by atoms with E-state index in [9.17, 15) is 4.39 Å². The molecule has 0 spiro atoms. The first-order valence-corrected chi connectivity index (χ1v) is 9.16. The Bertz CT molecular complexity index is 1130. The van der Waals surface area contributed by atoms with Crippen LogP contribution in [0.4, 0.5) is 4.39 Å². The molecular weight excluding hydrogens is 361 g/mol. The van der Waals surface area contributed by atoms with Gasteiger partial charge in [0.1, 0.15) is 17.8 Å². The molecule has 1 saturated carbocycles. The summed E-state index contributed by atoms with van der Waals surface area (Å²) in [7, 11) is 1.81. The number of aromatic nitrogens is 7. The van der Waals surface area contributed by atoms with Crippen molar-refractivity contribution < 1.29 is 9.13 Å². The second-order valence-corrected chi connectivity index (χ2v) is 6.97. The molecule has 1 aliphatic rings. The summed E-state index contributed by atoms with van der Waals surface area (Å²) in [6, 6.07) is 6.12. The van der Waals surface area contributed by atoms with Crippen molar-refractivity contribution in [3.63, 3.8) is 0 Å². The maximum absolute atomic E-state index is 13.3. The highest BCUT2D eigenvalue weighted by molar-refractivity contribution is 5.73. The Morgan fingerprint density at radius 3 is 2.71 bits per heavy atom. The highest BCUT2D eigenvalue weighted by Crippen LogP contribution is 2.40. The number of halogens is 1. The SMILES string of the molecule is Cn1cnc(COc2nc3c(-c4ccc(F)cc4)nnn3cc2C2CCC2)n1. The van der Waals surface area contributed by atoms with Crippen molar-refractivity contribution in [2.75, 3.05) is 0 Å². The van der Waals surface area contributed by atoms with E-state index in [1.54, 1.807) is 27.7 Å². The lowest BCUT2D eigenvalue weighted by atomic mass is 9.81. The predicted molar refractivity (Wildman–Crippen MR) is 98.1 cm³/mol. The number of hydrogen-bond acceptors (Lipinski definition) is 6. The van der Waals surface area contributed by atoms with Gasteiger partial charge in [0.25, 0.3) is 0 Å². The summed E-state index contributed by atoms with van der Waals surface area (Å²) in [5.74, 6) is 1.25. The van der Waals surface area contributed by atoms with Crippen LogP contribution in [0.25, 0.3) is 16.9 Å². The second kappa shape index (κ2) is 6.66. The Labute approximate surface area is 160 Å². The summed E-state index contributed by atoms with van der Waals surface area (Å²) in [6.07, 6.45) is 6.97. The zero-order chi connectivity index (χ0) is 19.1. The van der Waals surface area contributed by atoms with Crippen LogP contribution in [0.3, 0.4) is 0 Å². The molecule has 3 heterocycles. The Balaban J connectivity index is 1.55. The maximum atomic E-state index is 13.3. The fourth-order valence-electron chi connectivity index (χ4n) is 3.32. The molecule has 9 heteroatoms. The number of nitrogens with zero attached hydrogens (tertiary/aromatic N) is 7. The fraction of sp³-hybridized carbons (Fsp3) is 0.316. The minimum absolute atomic E-state index is 0.233. The van der Waals surface area contributed by atoms with Gasteiger partial charge >= 0.3 is 0 Å². The zero-order valence-corrected chi connectivity index (χ0v) is 15.3. The molecule has 1 aliphatic carbocycles. The molecular formula is C19H18FN7O. The van der Waals surface area contributed by atoms with E-state index < -0.39 is 0 Å². The molecule has 0 aliphatic heterocycles. The van der Waals surface area contributed by atoms with Crippen molar-refractivity contribution in [3.05, 3.63) is 54.0 Å². The number of fused-ring (bicyclic) bond motifs is 1. The van der Waals surface area contributed by atoms with Crippen LogP contribution in [-0.4, -0.2) is 34.6 Å². The molecule has 142 valence electrons. The van der Waals surface area contributed by atoms with Crippen LogP contribution in [0, 0.1) is 5.82 Å². The topological polar surface area (TPSA) is 83.0 Å². The Hall–Kier alpha value is -3.36. The quantitative estimate of drug-likeness (QED) is 0.530. The molecule has 4 aromatic rings. The minimum Gasteiger partial charge on any atom is -0.469 e. The summed E-state index contributed by atoms with van der Waals surface area (Å²) >= 11 is 0. The summed E-state index contributed by atoms with van der Waals surface area (Å²) in [4.78, 5) is 8.92. The third-order valence-corrected chi connectivity index (χ3v) is 5.03. The summed E-state index contributed by atoms with van der Waals surface area (Å²) < 4.78 is 22.6. The molecule has 0 N–H and O–H groups in total. The number of rotatable bonds is 5. The average molecular weight is 379 g/mol. The van der Waals surface area contributed by atoms with Crippen molar-refractivity contribution in [2.45, 2.75) is 31.8 Å². The molecule has 0 bridgehead atoms. The van der Waals surface area contributed by atoms with Gasteiger partial charge in [-0.3, -0.25) is 4.68 Å². The molecule has 0 amide bonds. The van der Waals surface area contributed by atoms with Gasteiger partial charge in [-0.05, 0) is 43.0 Å². The molecule has 1 aromatic carbocycles. The molecule has 0 unspecified atom stereocenters. The van der Waals surface area contributed by atoms with Crippen LogP contribution in [-0.2, 0) is 13.7 Å². The van der Waals surface area contributed by atoms with Crippen LogP contribution < -0.4 is 4.74 Å². The Kier molecular flexibility index (Phi) is 4.00. The van der Waals surface area contributed by atoms with Crippen LogP contribution in [0.5, 0.6) is 5.88 Å². The molecule has 5 rings (SSSR count). The van der Waals surface area contributed by atoms with Crippen molar-refractivity contribution in [2.24, 2.45) is 7.05 Å². The molecule has 8 nitrogen and oxygen atoms in total. The number of hydrogen-bond donors (Lipinski definition) is 0. The smallest absolute Gasteiger partial charge is 0.220 e. The first-order valence-electron chi connectivity index (χ1n) is 9.16. The highest BCUT2D eigenvalue weighted by Gasteiger charge is 2.26. The molecule has 0 atom stereocenters. The number of aryl methyl sites for hydroxylation is 1. The van der Waals surface area contributed by atoms with Gasteiger partial charge in [0, 0.05) is 24.4 Å². The largest absolute Gasteiger partial charge is 0.469 e. The second-order valence-electron chi connectivity index (χ2n) is 6.97. The van der Waals surface area contributed by atoms with Crippen molar-refractivity contribution in [3.8, 4) is 17.1 Å². The first kappa shape index (κ1) is 16.8. The summed E-state index contributed by atoms with van der Waals surface area (Å²) in [5, 5.41) is 12.7. The van der Waals surface area contributed by atoms with Gasteiger partial charge in [-0.25, -0.2) is 13.9 Å². The summed E-state index contributed by atoms with van der Waals surface area (Å²) in [5.41, 5.74) is 2.92. The van der Waals surface area contributed by atoms with Gasteiger partial charge in [0.05, 0.1) is 0 Å². The van der Waals surface area contributed by atoms with E-state index in [1.807, 2.05) is 13.2 Å². The van der Waals surface area contributed by atoms with Gasteiger partial charge in [0.15, 0.2) is 18.1 Å². The van der Waals surface area contributed by atoms with Crippen molar-refractivity contribution >= 4 is 5.65 Å². The van der Waals surface area contributed by atoms with E-state index >= 15 is 0 Å². The van der Waals surface area contributed by atoms with Gasteiger partial charge in [-0.1, -0.05) is 11.6 Å². The molecule has 28 heavy (non-hydrogen) atoms. The monoisotopic (exact) mass is 379 g/mol. The molecule has 1 fully saturated rings. The third kappa shape index (κ3) is 2.98. The van der Waals surface area contributed by atoms with E-state index in [2.05, 4.69) is 20.4 Å². The van der Waals surface area contributed by atoms with Crippen LogP contribution in [0.2, 0.25) is 0 Å². The Morgan fingerprint density at radius 2 is 2.04 bits per heavy atom. The lowest BCUT2D eigenvalue weighted by Crippen LogP contribution is -2.13. The minimum atomic E-state index is -0.299. The maximum Gasteiger partial charge on any atom is 0.220 e. The van der Waals surface area contributed by atoms with Crippen molar-refractivity contribution in [1.29, 1.82) is 0 Å². The lowest BCUT2D eigenvalue weighted by molar-refractivity contribution is 0.272. The normalized spacial score (nSPS) is 14.4. The van der Waals surface area contributed by atoms with Gasteiger partial charge in [-0.2, -0.15) is 10.1 Å². The third-order valence-electron chi connectivity index (χ3n) is 5.03. The van der Waals surface area contributed by atoms with Crippen LogP contribution in [0.15, 0.2) is 36.8 Å². The van der Waals surface area contributed by atoms with E-state index in [-0.39, 0.29) is 12.4 Å². The van der Waals surface area contributed by atoms with Gasteiger partial charge < -0.3 is 4.74 Å². The van der Waals surface area contributed by atoms with E-state index in [1.165, 1.54) is 18.6 Å². The molecule has 0 radical (unpaired) electrons. The van der Waals surface area contributed by atoms with Crippen LogP contribution >= 0.6 is 0 Å². The molecule has 3 aromatic heterocycles. The summed E-state index contributed by atoms with van der Waals surface area (Å²) in [6.45, 7) is 0.233. The number of benzene rings is 1. The predicted octanol–water partition coefficient (Wildman–Crippen LogP) is 2.91.